The zero-order valence-electron chi connectivity index (χ0n) is 18.4. The van der Waals surface area contributed by atoms with Gasteiger partial charge in [-0.25, -0.2) is 9.67 Å². The van der Waals surface area contributed by atoms with E-state index in [0.717, 1.165) is 28.0 Å². The van der Waals surface area contributed by atoms with Crippen molar-refractivity contribution in [1.29, 1.82) is 0 Å². The summed E-state index contributed by atoms with van der Waals surface area (Å²) >= 11 is 0. The van der Waals surface area contributed by atoms with E-state index in [2.05, 4.69) is 41.3 Å². The third-order valence-electron chi connectivity index (χ3n) is 5.36. The number of benzene rings is 1. The zero-order valence-corrected chi connectivity index (χ0v) is 18.4. The number of nitrogens with zero attached hydrogens (tertiary/aromatic N) is 5. The smallest absolute Gasteiger partial charge is 0.255 e. The summed E-state index contributed by atoms with van der Waals surface area (Å²) in [6.45, 7) is 9.09. The first kappa shape index (κ1) is 20.7. The van der Waals surface area contributed by atoms with Crippen molar-refractivity contribution < 1.29 is 4.79 Å². The van der Waals surface area contributed by atoms with Crippen molar-refractivity contribution in [2.24, 2.45) is 0 Å². The van der Waals surface area contributed by atoms with Crippen molar-refractivity contribution in [3.05, 3.63) is 89.0 Å². The minimum absolute atomic E-state index is 0.0284. The number of carbonyl (C=O) groups is 1. The second-order valence-electron chi connectivity index (χ2n) is 8.18. The van der Waals surface area contributed by atoms with Crippen LogP contribution >= 0.6 is 0 Å². The molecule has 158 valence electrons. The fraction of sp³-hybridized carbons (Fsp3) is 0.280. The fourth-order valence-corrected chi connectivity index (χ4v) is 3.64. The highest BCUT2D eigenvalue weighted by Crippen LogP contribution is 2.22. The quantitative estimate of drug-likeness (QED) is 0.465. The Morgan fingerprint density at radius 3 is 2.55 bits per heavy atom. The normalized spacial score (nSPS) is 11.3. The van der Waals surface area contributed by atoms with Crippen LogP contribution in [-0.2, 0) is 13.1 Å². The maximum Gasteiger partial charge on any atom is 0.255 e. The summed E-state index contributed by atoms with van der Waals surface area (Å²) in [5.41, 5.74) is 5.38. The summed E-state index contributed by atoms with van der Waals surface area (Å²) in [7, 11) is 0. The van der Waals surface area contributed by atoms with Gasteiger partial charge in [0.1, 0.15) is 0 Å². The second-order valence-corrected chi connectivity index (χ2v) is 8.18. The van der Waals surface area contributed by atoms with Gasteiger partial charge in [0.15, 0.2) is 5.65 Å². The average molecular weight is 414 g/mol. The monoisotopic (exact) mass is 413 g/mol. The van der Waals surface area contributed by atoms with Crippen LogP contribution in [0.25, 0.3) is 11.0 Å². The van der Waals surface area contributed by atoms with E-state index >= 15 is 0 Å². The topological polar surface area (TPSA) is 63.9 Å². The lowest BCUT2D eigenvalue weighted by Gasteiger charge is -2.27. The first-order valence-corrected chi connectivity index (χ1v) is 10.5. The van der Waals surface area contributed by atoms with Gasteiger partial charge in [-0.1, -0.05) is 35.9 Å². The van der Waals surface area contributed by atoms with E-state index in [4.69, 9.17) is 4.98 Å². The van der Waals surface area contributed by atoms with E-state index in [0.29, 0.717) is 18.7 Å². The number of hydrogen-bond acceptors (Lipinski definition) is 4. The van der Waals surface area contributed by atoms with E-state index in [1.165, 1.54) is 5.56 Å². The molecule has 0 saturated carbocycles. The van der Waals surface area contributed by atoms with Crippen LogP contribution in [0.1, 0.15) is 46.7 Å². The summed E-state index contributed by atoms with van der Waals surface area (Å²) in [4.78, 5) is 24.5. The predicted molar refractivity (Wildman–Crippen MR) is 122 cm³/mol. The Balaban J connectivity index is 1.70. The summed E-state index contributed by atoms with van der Waals surface area (Å²) in [6, 6.07) is 16.0. The minimum atomic E-state index is -0.0361. The molecule has 0 saturated heterocycles. The van der Waals surface area contributed by atoms with Gasteiger partial charge < -0.3 is 4.90 Å². The lowest BCUT2D eigenvalue weighted by atomic mass is 10.1. The number of carbonyl (C=O) groups excluding carboxylic acids is 1. The van der Waals surface area contributed by atoms with Crippen LogP contribution in [0.2, 0.25) is 0 Å². The Hall–Kier alpha value is -3.54. The van der Waals surface area contributed by atoms with E-state index in [1.807, 2.05) is 54.6 Å². The molecule has 1 amide bonds. The molecule has 3 heterocycles. The lowest BCUT2D eigenvalue weighted by Crippen LogP contribution is -2.36. The maximum absolute atomic E-state index is 13.6. The van der Waals surface area contributed by atoms with Crippen molar-refractivity contribution in [3.8, 4) is 0 Å². The molecule has 0 aliphatic rings. The third-order valence-corrected chi connectivity index (χ3v) is 5.36. The molecule has 31 heavy (non-hydrogen) atoms. The number of rotatable bonds is 6. The van der Waals surface area contributed by atoms with Crippen LogP contribution in [0.15, 0.2) is 60.9 Å². The SMILES string of the molecule is Cc1ccc(Cn2ncc3c(C(=O)N(Cc4ccccn4)C(C)C)cc(C)nc32)cc1. The molecule has 0 bridgehead atoms. The highest BCUT2D eigenvalue weighted by Gasteiger charge is 2.23. The molecular weight excluding hydrogens is 386 g/mol. The molecule has 0 atom stereocenters. The standard InChI is InChI=1S/C25H27N5O/c1-17(2)29(16-21-7-5-6-12-26-21)25(31)22-13-19(4)28-24-23(22)14-27-30(24)15-20-10-8-18(3)9-11-20/h5-14,17H,15-16H2,1-4H3. The highest BCUT2D eigenvalue weighted by molar-refractivity contribution is 6.05. The second kappa shape index (κ2) is 8.68. The first-order chi connectivity index (χ1) is 14.9. The fourth-order valence-electron chi connectivity index (χ4n) is 3.64. The molecule has 0 N–H and O–H groups in total. The Labute approximate surface area is 182 Å². The molecule has 6 nitrogen and oxygen atoms in total. The lowest BCUT2D eigenvalue weighted by molar-refractivity contribution is 0.0689. The molecule has 4 aromatic rings. The van der Waals surface area contributed by atoms with Gasteiger partial charge in [0.05, 0.1) is 35.9 Å². The van der Waals surface area contributed by atoms with Gasteiger partial charge in [-0.05, 0) is 51.5 Å². The number of fused-ring (bicyclic) bond motifs is 1. The average Bonchev–Trinajstić information content (AvgIpc) is 3.15. The van der Waals surface area contributed by atoms with Gasteiger partial charge in [0, 0.05) is 17.9 Å². The van der Waals surface area contributed by atoms with Crippen molar-refractivity contribution in [1.82, 2.24) is 24.6 Å². The summed E-state index contributed by atoms with van der Waals surface area (Å²) in [6.07, 6.45) is 3.50. The van der Waals surface area contributed by atoms with E-state index in [-0.39, 0.29) is 11.9 Å². The van der Waals surface area contributed by atoms with Crippen LogP contribution in [0.5, 0.6) is 0 Å². The van der Waals surface area contributed by atoms with Crippen LogP contribution in [0.4, 0.5) is 0 Å². The molecule has 0 unspecified atom stereocenters. The van der Waals surface area contributed by atoms with Crippen molar-refractivity contribution in [2.45, 2.75) is 46.8 Å². The van der Waals surface area contributed by atoms with Crippen LogP contribution < -0.4 is 0 Å². The molecule has 0 radical (unpaired) electrons. The number of pyridine rings is 2. The minimum Gasteiger partial charge on any atom is -0.330 e. The molecule has 6 heteroatoms. The molecule has 1 aromatic carbocycles. The van der Waals surface area contributed by atoms with Gasteiger partial charge in [-0.15, -0.1) is 0 Å². The molecule has 0 fully saturated rings. The zero-order chi connectivity index (χ0) is 22.0. The predicted octanol–water partition coefficient (Wildman–Crippen LogP) is 4.54. The van der Waals surface area contributed by atoms with Gasteiger partial charge in [0.2, 0.25) is 0 Å². The number of aryl methyl sites for hydroxylation is 2. The van der Waals surface area contributed by atoms with Crippen LogP contribution in [-0.4, -0.2) is 36.6 Å². The molecule has 0 spiro atoms. The van der Waals surface area contributed by atoms with E-state index in [9.17, 15) is 4.79 Å². The van der Waals surface area contributed by atoms with Gasteiger partial charge in [0.25, 0.3) is 5.91 Å². The van der Waals surface area contributed by atoms with Crippen molar-refractivity contribution in [3.63, 3.8) is 0 Å². The van der Waals surface area contributed by atoms with E-state index in [1.54, 1.807) is 12.4 Å². The summed E-state index contributed by atoms with van der Waals surface area (Å²) in [5.74, 6) is -0.0361. The first-order valence-electron chi connectivity index (χ1n) is 10.5. The van der Waals surface area contributed by atoms with Gasteiger partial charge in [-0.2, -0.15) is 5.10 Å². The molecule has 3 aromatic heterocycles. The summed E-state index contributed by atoms with van der Waals surface area (Å²) in [5, 5.41) is 5.33. The van der Waals surface area contributed by atoms with Gasteiger partial charge >= 0.3 is 0 Å². The molecule has 0 aliphatic heterocycles. The Kier molecular flexibility index (Phi) is 5.80. The van der Waals surface area contributed by atoms with Crippen molar-refractivity contribution >= 4 is 16.9 Å². The molecular formula is C25H27N5O. The number of aromatic nitrogens is 4. The van der Waals surface area contributed by atoms with Crippen LogP contribution in [0.3, 0.4) is 0 Å². The Bertz CT molecular complexity index is 1200. The Morgan fingerprint density at radius 1 is 1.10 bits per heavy atom. The Morgan fingerprint density at radius 2 is 1.87 bits per heavy atom. The van der Waals surface area contributed by atoms with Crippen molar-refractivity contribution in [2.75, 3.05) is 0 Å². The maximum atomic E-state index is 13.6. The van der Waals surface area contributed by atoms with Gasteiger partial charge in [-0.3, -0.25) is 9.78 Å². The van der Waals surface area contributed by atoms with Crippen LogP contribution in [0, 0.1) is 13.8 Å². The highest BCUT2D eigenvalue weighted by atomic mass is 16.2. The van der Waals surface area contributed by atoms with E-state index < -0.39 is 0 Å². The third kappa shape index (κ3) is 4.48. The largest absolute Gasteiger partial charge is 0.330 e. The summed E-state index contributed by atoms with van der Waals surface area (Å²) < 4.78 is 1.86. The number of hydrogen-bond donors (Lipinski definition) is 0. The number of amides is 1. The molecule has 4 rings (SSSR count). The molecule has 0 aliphatic carbocycles.